The lowest BCUT2D eigenvalue weighted by Gasteiger charge is -2.12. The van der Waals surface area contributed by atoms with E-state index in [9.17, 15) is 0 Å². The van der Waals surface area contributed by atoms with Gasteiger partial charge >= 0.3 is 0 Å². The van der Waals surface area contributed by atoms with Crippen LogP contribution in [0.4, 0.5) is 0 Å². The summed E-state index contributed by atoms with van der Waals surface area (Å²) in [5.41, 5.74) is 1.10. The minimum atomic E-state index is 0. The first-order chi connectivity index (χ1) is 9.65. The van der Waals surface area contributed by atoms with Crippen LogP contribution in [0.3, 0.4) is 0 Å². The Hall–Kier alpha value is -1.05. The van der Waals surface area contributed by atoms with E-state index in [1.807, 2.05) is 32.2 Å². The fraction of sp³-hybridized carbons (Fsp3) is 0.600. The van der Waals surface area contributed by atoms with Crippen LogP contribution in [-0.2, 0) is 6.54 Å². The molecule has 1 heterocycles. The second kappa shape index (κ2) is 11.6. The first-order valence-electron chi connectivity index (χ1n) is 7.21. The predicted octanol–water partition coefficient (Wildman–Crippen LogP) is 2.95. The summed E-state index contributed by atoms with van der Waals surface area (Å²) >= 11 is 0. The molecule has 0 aliphatic rings. The highest BCUT2D eigenvalue weighted by atomic mass is 127. The molecule has 0 aliphatic carbocycles. The third-order valence-electron chi connectivity index (χ3n) is 2.66. The number of hydrogen-bond donors (Lipinski definition) is 2. The highest BCUT2D eigenvalue weighted by molar-refractivity contribution is 14.0. The van der Waals surface area contributed by atoms with E-state index in [4.69, 9.17) is 4.74 Å². The summed E-state index contributed by atoms with van der Waals surface area (Å²) in [6, 6.07) is 3.90. The van der Waals surface area contributed by atoms with Crippen LogP contribution in [-0.4, -0.2) is 30.6 Å². The number of aliphatic imine (C=N–C) groups is 1. The molecule has 1 rings (SSSR count). The van der Waals surface area contributed by atoms with Gasteiger partial charge in [0, 0.05) is 32.4 Å². The van der Waals surface area contributed by atoms with Gasteiger partial charge in [-0.05, 0) is 25.8 Å². The molecule has 0 aliphatic heterocycles. The van der Waals surface area contributed by atoms with Crippen LogP contribution in [0.15, 0.2) is 23.3 Å². The normalized spacial score (nSPS) is 11.0. The smallest absolute Gasteiger partial charge is 0.213 e. The molecule has 21 heavy (non-hydrogen) atoms. The first kappa shape index (κ1) is 19.9. The molecule has 0 saturated carbocycles. The number of rotatable bonds is 7. The van der Waals surface area contributed by atoms with Crippen LogP contribution >= 0.6 is 24.0 Å². The van der Waals surface area contributed by atoms with E-state index in [2.05, 4.69) is 27.5 Å². The number of halogens is 1. The van der Waals surface area contributed by atoms with Gasteiger partial charge in [-0.25, -0.2) is 4.98 Å². The van der Waals surface area contributed by atoms with E-state index in [0.29, 0.717) is 12.4 Å². The molecule has 0 amide bonds. The minimum Gasteiger partial charge on any atom is -0.475 e. The van der Waals surface area contributed by atoms with Gasteiger partial charge in [0.25, 0.3) is 0 Å². The second-order valence-electron chi connectivity index (χ2n) is 4.88. The average molecular weight is 406 g/mol. The molecular weight excluding hydrogens is 379 g/mol. The zero-order valence-corrected chi connectivity index (χ0v) is 15.7. The topological polar surface area (TPSA) is 58.5 Å². The Labute approximate surface area is 145 Å². The van der Waals surface area contributed by atoms with Crippen molar-refractivity contribution in [2.45, 2.75) is 46.3 Å². The number of ether oxygens (including phenoxy) is 1. The Bertz CT molecular complexity index is 407. The van der Waals surface area contributed by atoms with Crippen molar-refractivity contribution in [1.82, 2.24) is 15.6 Å². The number of pyridine rings is 1. The van der Waals surface area contributed by atoms with E-state index in [0.717, 1.165) is 24.5 Å². The Morgan fingerprint density at radius 1 is 1.33 bits per heavy atom. The van der Waals surface area contributed by atoms with E-state index < -0.39 is 0 Å². The third-order valence-corrected chi connectivity index (χ3v) is 2.66. The van der Waals surface area contributed by atoms with Crippen LogP contribution in [0, 0.1) is 0 Å². The van der Waals surface area contributed by atoms with Crippen molar-refractivity contribution >= 4 is 29.9 Å². The number of unbranched alkanes of at least 4 members (excludes halogenated alkanes) is 1. The zero-order valence-electron chi connectivity index (χ0n) is 13.3. The molecule has 1 aromatic rings. The minimum absolute atomic E-state index is 0. The molecule has 120 valence electrons. The van der Waals surface area contributed by atoms with Crippen molar-refractivity contribution in [3.63, 3.8) is 0 Å². The molecule has 0 saturated heterocycles. The van der Waals surface area contributed by atoms with Crippen molar-refractivity contribution in [2.75, 3.05) is 13.6 Å². The highest BCUT2D eigenvalue weighted by Gasteiger charge is 2.01. The molecule has 0 fully saturated rings. The summed E-state index contributed by atoms with van der Waals surface area (Å²) < 4.78 is 5.51. The lowest BCUT2D eigenvalue weighted by Crippen LogP contribution is -2.37. The summed E-state index contributed by atoms with van der Waals surface area (Å²) in [7, 11) is 1.78. The Balaban J connectivity index is 0.00000400. The molecule has 0 bridgehead atoms. The average Bonchev–Trinajstić information content (AvgIpc) is 2.43. The summed E-state index contributed by atoms with van der Waals surface area (Å²) in [6.45, 7) is 7.78. The summed E-state index contributed by atoms with van der Waals surface area (Å²) in [5, 5.41) is 6.53. The number of guanidine groups is 1. The van der Waals surface area contributed by atoms with E-state index in [1.54, 1.807) is 7.05 Å². The fourth-order valence-electron chi connectivity index (χ4n) is 1.62. The summed E-state index contributed by atoms with van der Waals surface area (Å²) in [6.07, 6.45) is 4.28. The quantitative estimate of drug-likeness (QED) is 0.317. The van der Waals surface area contributed by atoms with Gasteiger partial charge in [-0.2, -0.15) is 0 Å². The van der Waals surface area contributed by atoms with Gasteiger partial charge in [0.2, 0.25) is 5.88 Å². The van der Waals surface area contributed by atoms with Gasteiger partial charge < -0.3 is 15.4 Å². The lowest BCUT2D eigenvalue weighted by molar-refractivity contribution is 0.232. The SMILES string of the molecule is CCCCNC(=NC)NCc1ccc(OC(C)C)nc1.I. The maximum absolute atomic E-state index is 5.51. The molecule has 0 spiro atoms. The van der Waals surface area contributed by atoms with Gasteiger partial charge in [0.1, 0.15) is 0 Å². The van der Waals surface area contributed by atoms with Crippen molar-refractivity contribution in [3.8, 4) is 5.88 Å². The van der Waals surface area contributed by atoms with Gasteiger partial charge in [0.15, 0.2) is 5.96 Å². The Kier molecular flexibility index (Phi) is 11.0. The van der Waals surface area contributed by atoms with Crippen molar-refractivity contribution in [2.24, 2.45) is 4.99 Å². The standard InChI is InChI=1S/C15H26N4O.HI/c1-5-6-9-17-15(16-4)19-11-13-7-8-14(18-10-13)20-12(2)3;/h7-8,10,12H,5-6,9,11H2,1-4H3,(H2,16,17,19);1H. The number of aromatic nitrogens is 1. The lowest BCUT2D eigenvalue weighted by atomic mass is 10.3. The van der Waals surface area contributed by atoms with Crippen molar-refractivity contribution in [1.29, 1.82) is 0 Å². The molecule has 5 nitrogen and oxygen atoms in total. The van der Waals surface area contributed by atoms with Gasteiger partial charge in [-0.3, -0.25) is 4.99 Å². The van der Waals surface area contributed by atoms with Gasteiger partial charge in [-0.15, -0.1) is 24.0 Å². The van der Waals surface area contributed by atoms with Crippen LogP contribution in [0.5, 0.6) is 5.88 Å². The predicted molar refractivity (Wildman–Crippen MR) is 98.5 cm³/mol. The van der Waals surface area contributed by atoms with E-state index in [-0.39, 0.29) is 30.1 Å². The second-order valence-corrected chi connectivity index (χ2v) is 4.88. The molecule has 0 aromatic carbocycles. The van der Waals surface area contributed by atoms with Crippen molar-refractivity contribution in [3.05, 3.63) is 23.9 Å². The Morgan fingerprint density at radius 3 is 2.62 bits per heavy atom. The van der Waals surface area contributed by atoms with E-state index >= 15 is 0 Å². The molecule has 0 radical (unpaired) electrons. The molecule has 1 aromatic heterocycles. The highest BCUT2D eigenvalue weighted by Crippen LogP contribution is 2.09. The number of nitrogens with one attached hydrogen (secondary N) is 2. The van der Waals surface area contributed by atoms with Gasteiger partial charge in [-0.1, -0.05) is 19.4 Å². The molecule has 6 heteroatoms. The number of hydrogen-bond acceptors (Lipinski definition) is 3. The van der Waals surface area contributed by atoms with Crippen LogP contribution in [0.25, 0.3) is 0 Å². The third kappa shape index (κ3) is 8.75. The maximum atomic E-state index is 5.51. The van der Waals surface area contributed by atoms with Crippen LogP contribution in [0.2, 0.25) is 0 Å². The van der Waals surface area contributed by atoms with Crippen LogP contribution < -0.4 is 15.4 Å². The van der Waals surface area contributed by atoms with Crippen molar-refractivity contribution < 1.29 is 4.74 Å². The molecule has 0 unspecified atom stereocenters. The fourth-order valence-corrected chi connectivity index (χ4v) is 1.62. The largest absolute Gasteiger partial charge is 0.475 e. The van der Waals surface area contributed by atoms with Gasteiger partial charge in [0.05, 0.1) is 6.10 Å². The first-order valence-corrected chi connectivity index (χ1v) is 7.21. The summed E-state index contributed by atoms with van der Waals surface area (Å²) in [4.78, 5) is 8.46. The molecule has 2 N–H and O–H groups in total. The monoisotopic (exact) mass is 406 g/mol. The summed E-state index contributed by atoms with van der Waals surface area (Å²) in [5.74, 6) is 1.48. The van der Waals surface area contributed by atoms with E-state index in [1.165, 1.54) is 6.42 Å². The number of nitrogens with zero attached hydrogens (tertiary/aromatic N) is 2. The maximum Gasteiger partial charge on any atom is 0.213 e. The zero-order chi connectivity index (χ0) is 14.8. The Morgan fingerprint density at radius 2 is 2.10 bits per heavy atom. The molecule has 0 atom stereocenters. The van der Waals surface area contributed by atoms with Crippen LogP contribution in [0.1, 0.15) is 39.2 Å². The molecular formula is C15H27IN4O.